The predicted molar refractivity (Wildman–Crippen MR) is 205 cm³/mol. The maximum Gasteiger partial charge on any atom is 0.308 e. The molecule has 0 aliphatic carbocycles. The van der Waals surface area contributed by atoms with Crippen LogP contribution in [0.1, 0.15) is 61.4 Å². The van der Waals surface area contributed by atoms with Crippen molar-refractivity contribution in [2.75, 3.05) is 28.2 Å². The van der Waals surface area contributed by atoms with Crippen molar-refractivity contribution in [2.45, 2.75) is 79.1 Å². The number of hydrogen-bond donors (Lipinski definition) is 8. The molecule has 52 heavy (non-hydrogen) atoms. The minimum Gasteiger partial charge on any atom is -0.481 e. The number of aliphatic carboxylic acids is 2. The van der Waals surface area contributed by atoms with Crippen LogP contribution in [0.3, 0.4) is 0 Å². The number of halogens is 3. The standard InChI is InChI=1S/C13H16N2O4.C7H12N2O4.C6H10N2O4.2C2H6.CH4.3ClH.H2/c1-15-13(18)12(17)10(14)7-11(16)19-8-9-5-3-2-4-6-9;1-8-4(3-5(10)11)6(12)7(13)9-2;1-8-6(12)5(11)3(7)2-4(9)10;2*1-2;;;;;/h2-6,10H,7-8,14H2,1H3,(H,15,18);4,8H,3H2,1-2H3,(H,9,13)(H,10,11);3H,2,7H2,1H3,(H,8,12)(H,9,10);2*1-2H3;1H4;4*1H. The first-order valence-corrected chi connectivity index (χ1v) is 14.6. The minimum absolute atomic E-state index is 0. The molecule has 0 aliphatic rings. The average molecular weight is 814 g/mol. The number of benzene rings is 1. The molecule has 3 unspecified atom stereocenters. The summed E-state index contributed by atoms with van der Waals surface area (Å²) in [7, 11) is 5.33. The second-order valence-corrected chi connectivity index (χ2v) is 8.43. The molecular weight excluding hydrogens is 755 g/mol. The lowest BCUT2D eigenvalue weighted by Crippen LogP contribution is -2.44. The molecule has 3 amide bonds. The summed E-state index contributed by atoms with van der Waals surface area (Å²) in [5.74, 6) is -7.95. The van der Waals surface area contributed by atoms with E-state index in [-0.39, 0.29) is 59.1 Å². The van der Waals surface area contributed by atoms with E-state index in [1.807, 2.05) is 58.0 Å². The molecule has 0 fully saturated rings. The van der Waals surface area contributed by atoms with E-state index >= 15 is 0 Å². The second-order valence-electron chi connectivity index (χ2n) is 8.43. The summed E-state index contributed by atoms with van der Waals surface area (Å²) >= 11 is 0. The molecule has 1 rings (SSSR count). The number of amides is 3. The Morgan fingerprint density at radius 2 is 0.981 bits per heavy atom. The zero-order valence-corrected chi connectivity index (χ0v) is 32.3. The Morgan fingerprint density at radius 3 is 1.31 bits per heavy atom. The Balaban J connectivity index is -0.0000000733. The van der Waals surface area contributed by atoms with Gasteiger partial charge in [0, 0.05) is 22.6 Å². The topological polar surface area (TPSA) is 303 Å². The Labute approximate surface area is 325 Å². The van der Waals surface area contributed by atoms with E-state index in [2.05, 4.69) is 21.3 Å². The van der Waals surface area contributed by atoms with Crippen LogP contribution in [-0.2, 0) is 54.5 Å². The molecule has 0 bridgehead atoms. The summed E-state index contributed by atoms with van der Waals surface area (Å²) in [5, 5.41) is 25.4. The number of hydrogen-bond acceptors (Lipinski definition) is 13. The van der Waals surface area contributed by atoms with E-state index in [4.69, 9.17) is 26.4 Å². The molecule has 0 aliphatic heterocycles. The van der Waals surface area contributed by atoms with Gasteiger partial charge in [-0.1, -0.05) is 65.5 Å². The fraction of sp³-hybridized carbons (Fsp3) is 0.516. The number of carboxylic acid groups (broad SMARTS) is 2. The van der Waals surface area contributed by atoms with E-state index in [1.54, 1.807) is 0 Å². The Morgan fingerprint density at radius 1 is 0.635 bits per heavy atom. The summed E-state index contributed by atoms with van der Waals surface area (Å²) < 4.78 is 4.96. The van der Waals surface area contributed by atoms with Gasteiger partial charge in [-0.3, -0.25) is 43.2 Å². The smallest absolute Gasteiger partial charge is 0.308 e. The van der Waals surface area contributed by atoms with Gasteiger partial charge in [0.2, 0.25) is 17.3 Å². The number of likely N-dealkylation sites (N-methyl/N-ethyl adjacent to an activating group) is 4. The van der Waals surface area contributed by atoms with Crippen LogP contribution < -0.4 is 32.7 Å². The van der Waals surface area contributed by atoms with Crippen LogP contribution in [-0.4, -0.2) is 110 Å². The van der Waals surface area contributed by atoms with Crippen LogP contribution in [0.4, 0.5) is 0 Å². The molecule has 18 nitrogen and oxygen atoms in total. The number of rotatable bonds is 15. The normalized spacial score (nSPS) is 10.1. The number of esters is 1. The van der Waals surface area contributed by atoms with E-state index in [9.17, 15) is 43.2 Å². The zero-order chi connectivity index (χ0) is 38.4. The summed E-state index contributed by atoms with van der Waals surface area (Å²) in [6, 6.07) is 5.71. The predicted octanol–water partition coefficient (Wildman–Crippen LogP) is 0.430. The van der Waals surface area contributed by atoms with Gasteiger partial charge in [-0.2, -0.15) is 0 Å². The molecule has 3 atom stereocenters. The van der Waals surface area contributed by atoms with Gasteiger partial charge in [-0.25, -0.2) is 0 Å². The molecule has 306 valence electrons. The van der Waals surface area contributed by atoms with Gasteiger partial charge < -0.3 is 47.7 Å². The minimum atomic E-state index is -1.26. The number of carbonyl (C=O) groups is 9. The van der Waals surface area contributed by atoms with Crippen molar-refractivity contribution in [1.82, 2.24) is 21.3 Å². The molecule has 0 aromatic heterocycles. The highest BCUT2D eigenvalue weighted by molar-refractivity contribution is 6.39. The highest BCUT2D eigenvalue weighted by Crippen LogP contribution is 2.03. The van der Waals surface area contributed by atoms with Crippen LogP contribution in [0.2, 0.25) is 0 Å². The van der Waals surface area contributed by atoms with Crippen LogP contribution in [0, 0.1) is 0 Å². The maximum atomic E-state index is 11.5. The van der Waals surface area contributed by atoms with Gasteiger partial charge in [0.15, 0.2) is 0 Å². The summed E-state index contributed by atoms with van der Waals surface area (Å²) in [5.41, 5.74) is 11.4. The number of ketones is 3. The third-order valence-electron chi connectivity index (χ3n) is 5.09. The second kappa shape index (κ2) is 41.2. The fourth-order valence-corrected chi connectivity index (χ4v) is 2.72. The number of nitrogens with one attached hydrogen (secondary N) is 4. The molecule has 0 heterocycles. The van der Waals surface area contributed by atoms with Crippen LogP contribution >= 0.6 is 37.2 Å². The van der Waals surface area contributed by atoms with Gasteiger partial charge in [0.1, 0.15) is 6.61 Å². The van der Waals surface area contributed by atoms with Crippen LogP contribution in [0.15, 0.2) is 30.3 Å². The van der Waals surface area contributed by atoms with Crippen molar-refractivity contribution in [2.24, 2.45) is 11.5 Å². The maximum absolute atomic E-state index is 11.5. The van der Waals surface area contributed by atoms with Crippen LogP contribution in [0.25, 0.3) is 0 Å². The van der Waals surface area contributed by atoms with Crippen molar-refractivity contribution in [3.05, 3.63) is 35.9 Å². The lowest BCUT2D eigenvalue weighted by molar-refractivity contribution is -0.147. The highest BCUT2D eigenvalue weighted by Gasteiger charge is 2.25. The third-order valence-corrected chi connectivity index (χ3v) is 5.09. The molecule has 1 aromatic rings. The van der Waals surface area contributed by atoms with E-state index in [0.717, 1.165) is 5.56 Å². The van der Waals surface area contributed by atoms with Gasteiger partial charge in [0.05, 0.1) is 37.4 Å². The first-order valence-electron chi connectivity index (χ1n) is 14.6. The Kier molecular flexibility index (Phi) is 52.4. The molecular formula is C31H59Cl3N6O12. The number of ether oxygens (including phenoxy) is 1. The summed E-state index contributed by atoms with van der Waals surface area (Å²) in [4.78, 5) is 97.5. The third kappa shape index (κ3) is 33.0. The molecule has 21 heteroatoms. The summed E-state index contributed by atoms with van der Waals surface area (Å²) in [6.07, 6.45) is -1.26. The summed E-state index contributed by atoms with van der Waals surface area (Å²) in [6.45, 7) is 8.11. The SMILES string of the molecule is C.CC.CC.CNC(=O)C(=O)C(CC(=O)O)NC.CNC(=O)C(=O)C(N)CC(=O)O.CNC(=O)C(=O)C(N)CC(=O)OCc1ccccc1.Cl.Cl.Cl.[HH]. The quantitative estimate of drug-likeness (QED) is 0.0880. The first-order chi connectivity index (χ1) is 22.5. The van der Waals surface area contributed by atoms with E-state index in [0.29, 0.717) is 0 Å². The van der Waals surface area contributed by atoms with Gasteiger partial charge in [0.25, 0.3) is 17.7 Å². The monoisotopic (exact) mass is 812 g/mol. The fourth-order valence-electron chi connectivity index (χ4n) is 2.72. The zero-order valence-electron chi connectivity index (χ0n) is 29.8. The molecule has 0 radical (unpaired) electrons. The van der Waals surface area contributed by atoms with Crippen molar-refractivity contribution in [1.29, 1.82) is 0 Å². The Hall–Kier alpha value is -4.20. The van der Waals surface area contributed by atoms with Gasteiger partial charge in [-0.05, 0) is 12.6 Å². The van der Waals surface area contributed by atoms with Crippen molar-refractivity contribution < 1.29 is 59.5 Å². The number of carboxylic acids is 2. The van der Waals surface area contributed by atoms with Gasteiger partial charge in [-0.15, -0.1) is 37.2 Å². The molecule has 0 saturated heterocycles. The largest absolute Gasteiger partial charge is 0.481 e. The molecule has 0 saturated carbocycles. The van der Waals surface area contributed by atoms with E-state index in [1.165, 1.54) is 28.2 Å². The average Bonchev–Trinajstić information content (AvgIpc) is 3.09. The highest BCUT2D eigenvalue weighted by atomic mass is 35.5. The molecule has 0 spiro atoms. The number of Topliss-reactive ketones (excluding diaryl/α,β-unsaturated/α-hetero) is 3. The van der Waals surface area contributed by atoms with Crippen molar-refractivity contribution >= 4 is 90.2 Å². The van der Waals surface area contributed by atoms with Crippen molar-refractivity contribution in [3.63, 3.8) is 0 Å². The lowest BCUT2D eigenvalue weighted by atomic mass is 10.1. The number of carbonyl (C=O) groups excluding carboxylic acids is 7. The van der Waals surface area contributed by atoms with Gasteiger partial charge >= 0.3 is 17.9 Å². The van der Waals surface area contributed by atoms with E-state index < -0.39 is 83.9 Å². The molecule has 10 N–H and O–H groups in total. The lowest BCUT2D eigenvalue weighted by Gasteiger charge is -2.10. The first kappa shape index (κ1) is 66.1. The molecule has 1 aromatic carbocycles. The van der Waals surface area contributed by atoms with Crippen molar-refractivity contribution in [3.8, 4) is 0 Å². The number of nitrogens with two attached hydrogens (primary N) is 2. The Bertz CT molecular complexity index is 1200. The van der Waals surface area contributed by atoms with Crippen LogP contribution in [0.5, 0.6) is 0 Å².